The normalized spacial score (nSPS) is 13.8. The monoisotopic (exact) mass is 242 g/mol. The molecular weight excluding hydrogens is 230 g/mol. The molecule has 4 heteroatoms. The van der Waals surface area contributed by atoms with Gasteiger partial charge in [0.25, 0.3) is 0 Å². The van der Waals surface area contributed by atoms with Gasteiger partial charge in [-0.1, -0.05) is 30.3 Å². The maximum atomic E-state index is 13.1. The summed E-state index contributed by atoms with van der Waals surface area (Å²) in [7, 11) is 0. The molecule has 0 amide bonds. The molecule has 0 fully saturated rings. The molecule has 1 heterocycles. The number of aliphatic hydroxyl groups is 1. The summed E-state index contributed by atoms with van der Waals surface area (Å²) >= 11 is 0. The predicted molar refractivity (Wildman–Crippen MR) is 68.6 cm³/mol. The van der Waals surface area contributed by atoms with Gasteiger partial charge in [-0.15, -0.1) is 0 Å². The highest BCUT2D eigenvalue weighted by Gasteiger charge is 2.30. The van der Waals surface area contributed by atoms with E-state index < -0.39 is 0 Å². The molecule has 2 aromatic carbocycles. The van der Waals surface area contributed by atoms with Crippen molar-refractivity contribution in [2.24, 2.45) is 0 Å². The fourth-order valence-electron chi connectivity index (χ4n) is 2.35. The minimum atomic E-state index is -0.234. The van der Waals surface area contributed by atoms with Gasteiger partial charge in [0.2, 0.25) is 0 Å². The summed E-state index contributed by atoms with van der Waals surface area (Å²) in [6.07, 6.45) is 0. The molecule has 0 atom stereocenters. The van der Waals surface area contributed by atoms with Gasteiger partial charge in [0.05, 0.1) is 13.2 Å². The van der Waals surface area contributed by atoms with Gasteiger partial charge >= 0.3 is 6.92 Å². The van der Waals surface area contributed by atoms with Gasteiger partial charge in [-0.05, 0) is 34.2 Å². The Labute approximate surface area is 105 Å². The zero-order valence-corrected chi connectivity index (χ0v) is 9.77. The minimum Gasteiger partial charge on any atom is -0.423 e. The summed E-state index contributed by atoms with van der Waals surface area (Å²) in [5, 5.41) is 9.15. The third-order valence-corrected chi connectivity index (χ3v) is 3.23. The van der Waals surface area contributed by atoms with Crippen LogP contribution in [0.4, 0.5) is 4.39 Å². The summed E-state index contributed by atoms with van der Waals surface area (Å²) in [5.74, 6) is -0.234. The van der Waals surface area contributed by atoms with Crippen LogP contribution in [0.5, 0.6) is 0 Å². The molecule has 0 aliphatic carbocycles. The highest BCUT2D eigenvalue weighted by molar-refractivity contribution is 6.81. The van der Waals surface area contributed by atoms with Crippen LogP contribution in [0, 0.1) is 5.82 Å². The van der Waals surface area contributed by atoms with E-state index in [-0.39, 0.29) is 19.3 Å². The minimum absolute atomic E-state index is 0.0107. The van der Waals surface area contributed by atoms with Gasteiger partial charge in [-0.25, -0.2) is 4.39 Å². The fraction of sp³-hybridized carbons (Fsp3) is 0.143. The van der Waals surface area contributed by atoms with Crippen LogP contribution in [0.2, 0.25) is 0 Å². The van der Waals surface area contributed by atoms with E-state index in [1.54, 1.807) is 6.07 Å². The van der Waals surface area contributed by atoms with Crippen LogP contribution in [0.1, 0.15) is 11.1 Å². The second kappa shape index (κ2) is 4.56. The van der Waals surface area contributed by atoms with Gasteiger partial charge < -0.3 is 9.76 Å². The summed E-state index contributed by atoms with van der Waals surface area (Å²) in [6, 6.07) is 12.4. The van der Waals surface area contributed by atoms with Crippen molar-refractivity contribution >= 4 is 17.8 Å². The first-order chi connectivity index (χ1) is 8.78. The molecule has 0 bridgehead atoms. The third-order valence-electron chi connectivity index (χ3n) is 3.23. The van der Waals surface area contributed by atoms with E-state index in [9.17, 15) is 4.39 Å². The van der Waals surface area contributed by atoms with Crippen LogP contribution in [-0.4, -0.2) is 12.0 Å². The quantitative estimate of drug-likeness (QED) is 0.794. The first-order valence-electron chi connectivity index (χ1n) is 5.87. The largest absolute Gasteiger partial charge is 0.423 e. The lowest BCUT2D eigenvalue weighted by molar-refractivity contribution is 0.282. The molecule has 90 valence electrons. The second-order valence-electron chi connectivity index (χ2n) is 4.44. The van der Waals surface area contributed by atoms with Crippen LogP contribution in [0.15, 0.2) is 42.5 Å². The van der Waals surface area contributed by atoms with Gasteiger partial charge in [-0.3, -0.25) is 0 Å². The van der Waals surface area contributed by atoms with Gasteiger partial charge in [0, 0.05) is 0 Å². The van der Waals surface area contributed by atoms with Gasteiger partial charge in [0.1, 0.15) is 5.82 Å². The fourth-order valence-corrected chi connectivity index (χ4v) is 2.35. The first-order valence-corrected chi connectivity index (χ1v) is 5.87. The molecule has 18 heavy (non-hydrogen) atoms. The van der Waals surface area contributed by atoms with E-state index in [1.807, 2.05) is 24.3 Å². The SMILES string of the molecule is OCc1cccc(B2OCc3cc(F)ccc32)c1. The summed E-state index contributed by atoms with van der Waals surface area (Å²) < 4.78 is 18.8. The molecule has 0 unspecified atom stereocenters. The number of benzene rings is 2. The third kappa shape index (κ3) is 1.94. The Morgan fingerprint density at radius 2 is 2.11 bits per heavy atom. The van der Waals surface area contributed by atoms with E-state index >= 15 is 0 Å². The molecule has 1 aliphatic heterocycles. The maximum Gasteiger partial charge on any atom is 0.362 e. The van der Waals surface area contributed by atoms with Crippen molar-refractivity contribution in [2.75, 3.05) is 0 Å². The van der Waals surface area contributed by atoms with Crippen molar-refractivity contribution in [2.45, 2.75) is 13.2 Å². The molecule has 2 aromatic rings. The van der Waals surface area contributed by atoms with E-state index in [2.05, 4.69) is 0 Å². The Hall–Kier alpha value is -1.65. The summed E-state index contributed by atoms with van der Waals surface area (Å²) in [5.41, 5.74) is 3.75. The van der Waals surface area contributed by atoms with Crippen molar-refractivity contribution < 1.29 is 14.2 Å². The van der Waals surface area contributed by atoms with Crippen LogP contribution in [0.3, 0.4) is 0 Å². The van der Waals surface area contributed by atoms with Crippen LogP contribution >= 0.6 is 0 Å². The number of halogens is 1. The van der Waals surface area contributed by atoms with E-state index in [0.29, 0.717) is 6.61 Å². The molecule has 0 saturated heterocycles. The van der Waals surface area contributed by atoms with Crippen LogP contribution in [-0.2, 0) is 17.9 Å². The number of rotatable bonds is 2. The molecule has 1 aliphatic rings. The Bertz CT molecular complexity index is 586. The number of fused-ring (bicyclic) bond motifs is 1. The van der Waals surface area contributed by atoms with Crippen LogP contribution in [0.25, 0.3) is 0 Å². The van der Waals surface area contributed by atoms with E-state index in [4.69, 9.17) is 9.76 Å². The zero-order valence-electron chi connectivity index (χ0n) is 9.77. The van der Waals surface area contributed by atoms with Crippen molar-refractivity contribution in [3.63, 3.8) is 0 Å². The van der Waals surface area contributed by atoms with Crippen molar-refractivity contribution in [3.05, 3.63) is 59.4 Å². The smallest absolute Gasteiger partial charge is 0.362 e. The Morgan fingerprint density at radius 3 is 2.94 bits per heavy atom. The Morgan fingerprint density at radius 1 is 1.22 bits per heavy atom. The maximum absolute atomic E-state index is 13.1. The molecular formula is C14H12BFO2. The predicted octanol–water partition coefficient (Wildman–Crippen LogP) is 0.954. The van der Waals surface area contributed by atoms with Crippen LogP contribution < -0.4 is 10.9 Å². The lowest BCUT2D eigenvalue weighted by Crippen LogP contribution is -2.41. The summed E-state index contributed by atoms with van der Waals surface area (Å²) in [6.45, 7) is 0.282. The molecule has 3 rings (SSSR count). The number of hydrogen-bond acceptors (Lipinski definition) is 2. The first kappa shape index (κ1) is 11.4. The number of aliphatic hydroxyl groups excluding tert-OH is 1. The Balaban J connectivity index is 2.00. The molecule has 2 nitrogen and oxygen atoms in total. The Kier molecular flexibility index (Phi) is 2.90. The molecule has 0 spiro atoms. The highest BCUT2D eigenvalue weighted by Crippen LogP contribution is 2.13. The standard InChI is InChI=1S/C14H12BFO2/c16-13-4-5-14-11(7-13)9-18-15(14)12-3-1-2-10(6-12)8-17/h1-7,17H,8-9H2. The highest BCUT2D eigenvalue weighted by atomic mass is 19.1. The van der Waals surface area contributed by atoms with Crippen molar-refractivity contribution in [3.8, 4) is 0 Å². The van der Waals surface area contributed by atoms with Gasteiger partial charge in [0.15, 0.2) is 0 Å². The second-order valence-corrected chi connectivity index (χ2v) is 4.44. The molecule has 1 N–H and O–H groups in total. The van der Waals surface area contributed by atoms with E-state index in [0.717, 1.165) is 22.1 Å². The molecule has 0 radical (unpaired) electrons. The van der Waals surface area contributed by atoms with Crippen molar-refractivity contribution in [1.82, 2.24) is 0 Å². The topological polar surface area (TPSA) is 29.5 Å². The molecule has 0 aromatic heterocycles. The lowest BCUT2D eigenvalue weighted by atomic mass is 9.55. The average Bonchev–Trinajstić information content (AvgIpc) is 2.81. The average molecular weight is 242 g/mol. The van der Waals surface area contributed by atoms with Gasteiger partial charge in [-0.2, -0.15) is 0 Å². The number of hydrogen-bond donors (Lipinski definition) is 1. The summed E-state index contributed by atoms with van der Waals surface area (Å²) in [4.78, 5) is 0. The van der Waals surface area contributed by atoms with Crippen molar-refractivity contribution in [1.29, 1.82) is 0 Å². The zero-order chi connectivity index (χ0) is 12.5. The molecule has 0 saturated carbocycles. The van der Waals surface area contributed by atoms with E-state index in [1.165, 1.54) is 12.1 Å². The lowest BCUT2D eigenvalue weighted by Gasteiger charge is -2.08.